The Kier molecular flexibility index (Phi) is 5.41. The first-order valence-electron chi connectivity index (χ1n) is 10.4. The summed E-state index contributed by atoms with van der Waals surface area (Å²) in [6, 6.07) is 13.1. The van der Waals surface area contributed by atoms with Crippen molar-refractivity contribution in [3.63, 3.8) is 0 Å². The molecule has 3 heterocycles. The Bertz CT molecular complexity index is 1260. The standard InChI is InChI=1S/C24H21ClN4O3/c1-2-31-24(30)29-12-9-18-19-13-16(25)5-8-20(19)28-22(18)23(29)15-3-6-17(7-4-15)32-21-14-26-10-11-27-21/h3-8,10-11,13-14,23,28H,2,9,12H2,1H3/t23-/m0/s1. The van der Waals surface area contributed by atoms with Crippen molar-refractivity contribution >= 4 is 28.6 Å². The van der Waals surface area contributed by atoms with Gasteiger partial charge in [-0.25, -0.2) is 9.78 Å². The number of benzene rings is 2. The van der Waals surface area contributed by atoms with Crippen LogP contribution in [0.25, 0.3) is 10.9 Å². The zero-order valence-corrected chi connectivity index (χ0v) is 18.2. The highest BCUT2D eigenvalue weighted by molar-refractivity contribution is 6.31. The van der Waals surface area contributed by atoms with Gasteiger partial charge in [-0.15, -0.1) is 0 Å². The second-order valence-electron chi connectivity index (χ2n) is 7.47. The first-order chi connectivity index (χ1) is 15.6. The van der Waals surface area contributed by atoms with Crippen molar-refractivity contribution in [1.29, 1.82) is 0 Å². The predicted octanol–water partition coefficient (Wildman–Crippen LogP) is 5.51. The minimum atomic E-state index is -0.334. The van der Waals surface area contributed by atoms with Crippen LogP contribution in [-0.4, -0.2) is 39.1 Å². The number of amides is 1. The van der Waals surface area contributed by atoms with Crippen LogP contribution in [0.15, 0.2) is 61.1 Å². The van der Waals surface area contributed by atoms with Crippen molar-refractivity contribution in [3.05, 3.63) is 82.9 Å². The number of rotatable bonds is 4. The summed E-state index contributed by atoms with van der Waals surface area (Å²) >= 11 is 6.25. The van der Waals surface area contributed by atoms with Crippen LogP contribution in [0.5, 0.6) is 11.6 Å². The molecule has 162 valence electrons. The van der Waals surface area contributed by atoms with Crippen molar-refractivity contribution in [1.82, 2.24) is 19.9 Å². The van der Waals surface area contributed by atoms with Crippen molar-refractivity contribution in [2.75, 3.05) is 13.2 Å². The fourth-order valence-electron chi connectivity index (χ4n) is 4.19. The van der Waals surface area contributed by atoms with Crippen molar-refractivity contribution < 1.29 is 14.3 Å². The molecule has 1 amide bonds. The van der Waals surface area contributed by atoms with E-state index in [9.17, 15) is 4.79 Å². The van der Waals surface area contributed by atoms with E-state index in [1.165, 1.54) is 5.56 Å². The van der Waals surface area contributed by atoms with Crippen molar-refractivity contribution in [2.45, 2.75) is 19.4 Å². The fourth-order valence-corrected chi connectivity index (χ4v) is 4.36. The van der Waals surface area contributed by atoms with Crippen LogP contribution in [0.1, 0.15) is 29.8 Å². The zero-order chi connectivity index (χ0) is 22.1. The lowest BCUT2D eigenvalue weighted by Gasteiger charge is -2.35. The van der Waals surface area contributed by atoms with Gasteiger partial charge in [-0.05, 0) is 54.8 Å². The van der Waals surface area contributed by atoms with E-state index in [2.05, 4.69) is 15.0 Å². The second-order valence-corrected chi connectivity index (χ2v) is 7.90. The number of aromatic amines is 1. The summed E-state index contributed by atoms with van der Waals surface area (Å²) in [6.45, 7) is 2.68. The monoisotopic (exact) mass is 448 g/mol. The van der Waals surface area contributed by atoms with Gasteiger partial charge in [0.25, 0.3) is 0 Å². The van der Waals surface area contributed by atoms with Gasteiger partial charge >= 0.3 is 6.09 Å². The summed E-state index contributed by atoms with van der Waals surface area (Å²) < 4.78 is 11.1. The number of aromatic nitrogens is 3. The molecule has 0 fully saturated rings. The van der Waals surface area contributed by atoms with E-state index >= 15 is 0 Å². The molecular formula is C24H21ClN4O3. The third-order valence-electron chi connectivity index (χ3n) is 5.55. The number of carbonyl (C=O) groups is 1. The third kappa shape index (κ3) is 3.76. The maximum Gasteiger partial charge on any atom is 0.410 e. The topological polar surface area (TPSA) is 80.3 Å². The molecule has 8 heteroatoms. The maximum absolute atomic E-state index is 12.8. The van der Waals surface area contributed by atoms with E-state index in [1.807, 2.05) is 49.4 Å². The van der Waals surface area contributed by atoms with E-state index in [1.54, 1.807) is 23.5 Å². The molecule has 0 saturated heterocycles. The van der Waals surface area contributed by atoms with Gasteiger partial charge in [0.1, 0.15) is 11.8 Å². The number of carbonyl (C=O) groups excluding carboxylic acids is 1. The molecule has 1 atom stereocenters. The summed E-state index contributed by atoms with van der Waals surface area (Å²) in [5.41, 5.74) is 4.10. The molecule has 0 radical (unpaired) electrons. The van der Waals surface area contributed by atoms with E-state index in [0.29, 0.717) is 29.8 Å². The largest absolute Gasteiger partial charge is 0.450 e. The number of halogens is 1. The average Bonchev–Trinajstić information content (AvgIpc) is 3.18. The fraction of sp³-hybridized carbons (Fsp3) is 0.208. The van der Waals surface area contributed by atoms with Crippen LogP contribution in [-0.2, 0) is 11.2 Å². The molecule has 0 spiro atoms. The van der Waals surface area contributed by atoms with E-state index in [-0.39, 0.29) is 12.1 Å². The maximum atomic E-state index is 12.8. The van der Waals surface area contributed by atoms with Gasteiger partial charge in [0.05, 0.1) is 12.8 Å². The molecule has 4 aromatic rings. The van der Waals surface area contributed by atoms with Crippen molar-refractivity contribution in [2.24, 2.45) is 0 Å². The number of hydrogen-bond donors (Lipinski definition) is 1. The molecule has 1 aliphatic rings. The highest BCUT2D eigenvalue weighted by Crippen LogP contribution is 2.40. The van der Waals surface area contributed by atoms with Gasteiger partial charge in [-0.1, -0.05) is 23.7 Å². The van der Waals surface area contributed by atoms with Crippen LogP contribution >= 0.6 is 11.6 Å². The van der Waals surface area contributed by atoms with Gasteiger partial charge in [0.15, 0.2) is 0 Å². The summed E-state index contributed by atoms with van der Waals surface area (Å²) in [5, 5.41) is 1.78. The average molecular weight is 449 g/mol. The number of ether oxygens (including phenoxy) is 2. The quantitative estimate of drug-likeness (QED) is 0.445. The summed E-state index contributed by atoms with van der Waals surface area (Å²) in [6.07, 6.45) is 5.11. The van der Waals surface area contributed by atoms with E-state index < -0.39 is 0 Å². The molecule has 1 N–H and O–H groups in total. The van der Waals surface area contributed by atoms with Gasteiger partial charge in [0, 0.05) is 40.6 Å². The number of nitrogens with zero attached hydrogens (tertiary/aromatic N) is 3. The van der Waals surface area contributed by atoms with Crippen molar-refractivity contribution in [3.8, 4) is 11.6 Å². The van der Waals surface area contributed by atoms with Gasteiger partial charge in [-0.2, -0.15) is 0 Å². The van der Waals surface area contributed by atoms with E-state index in [0.717, 1.165) is 28.6 Å². The number of hydrogen-bond acceptors (Lipinski definition) is 5. The van der Waals surface area contributed by atoms with Gasteiger partial charge in [-0.3, -0.25) is 9.88 Å². The Morgan fingerprint density at radius 2 is 2.06 bits per heavy atom. The first kappa shape index (κ1) is 20.3. The van der Waals surface area contributed by atoms with Gasteiger partial charge in [0.2, 0.25) is 5.88 Å². The number of H-pyrrole nitrogens is 1. The Morgan fingerprint density at radius 3 is 2.81 bits per heavy atom. The minimum absolute atomic E-state index is 0.311. The SMILES string of the molecule is CCOC(=O)N1CCc2c([nH]c3ccc(Cl)cc23)[C@@H]1c1ccc(Oc2cnccn2)cc1. The molecule has 1 aliphatic heterocycles. The summed E-state index contributed by atoms with van der Waals surface area (Å²) in [5.74, 6) is 1.05. The second kappa shape index (κ2) is 8.51. The Balaban J connectivity index is 1.54. The predicted molar refractivity (Wildman–Crippen MR) is 121 cm³/mol. The molecule has 0 bridgehead atoms. The lowest BCUT2D eigenvalue weighted by molar-refractivity contribution is 0.0932. The van der Waals surface area contributed by atoms with Crippen LogP contribution in [0, 0.1) is 0 Å². The molecule has 0 saturated carbocycles. The smallest absolute Gasteiger partial charge is 0.410 e. The number of nitrogens with one attached hydrogen (secondary N) is 1. The lowest BCUT2D eigenvalue weighted by atomic mass is 9.92. The molecular weight excluding hydrogens is 428 g/mol. The molecule has 2 aromatic heterocycles. The molecule has 5 rings (SSSR count). The molecule has 0 unspecified atom stereocenters. The number of fused-ring (bicyclic) bond motifs is 3. The summed E-state index contributed by atoms with van der Waals surface area (Å²) in [7, 11) is 0. The van der Waals surface area contributed by atoms with Crippen LogP contribution in [0.4, 0.5) is 4.79 Å². The van der Waals surface area contributed by atoms with E-state index in [4.69, 9.17) is 21.1 Å². The zero-order valence-electron chi connectivity index (χ0n) is 17.4. The van der Waals surface area contributed by atoms with Gasteiger partial charge < -0.3 is 14.5 Å². The molecule has 2 aromatic carbocycles. The first-order valence-corrected chi connectivity index (χ1v) is 10.8. The highest BCUT2D eigenvalue weighted by Gasteiger charge is 2.35. The Labute approximate surface area is 190 Å². The van der Waals surface area contributed by atoms with Crippen LogP contribution in [0.3, 0.4) is 0 Å². The van der Waals surface area contributed by atoms with Crippen LogP contribution < -0.4 is 4.74 Å². The molecule has 0 aliphatic carbocycles. The minimum Gasteiger partial charge on any atom is -0.450 e. The Hall–Kier alpha value is -3.58. The lowest BCUT2D eigenvalue weighted by Crippen LogP contribution is -2.40. The normalized spacial score (nSPS) is 15.4. The van der Waals surface area contributed by atoms with Crippen LogP contribution in [0.2, 0.25) is 5.02 Å². The third-order valence-corrected chi connectivity index (χ3v) is 5.78. The molecule has 32 heavy (non-hydrogen) atoms. The summed E-state index contributed by atoms with van der Waals surface area (Å²) in [4.78, 5) is 26.2. The molecule has 7 nitrogen and oxygen atoms in total. The highest BCUT2D eigenvalue weighted by atomic mass is 35.5. The Morgan fingerprint density at radius 1 is 1.22 bits per heavy atom.